The summed E-state index contributed by atoms with van der Waals surface area (Å²) in [6, 6.07) is 12.1. The average Bonchev–Trinajstić information content (AvgIpc) is 3.49. The second-order valence-electron chi connectivity index (χ2n) is 7.63. The molecule has 6 nitrogen and oxygen atoms in total. The summed E-state index contributed by atoms with van der Waals surface area (Å²) in [6.45, 7) is 7.55. The van der Waals surface area contributed by atoms with Gasteiger partial charge in [-0.15, -0.1) is 11.3 Å². The molecular formula is C23H24N4O2S. The maximum Gasteiger partial charge on any atom is 0.317 e. The average molecular weight is 421 g/mol. The minimum absolute atomic E-state index is 0.0127. The number of nitrogens with zero attached hydrogens (tertiary/aromatic N) is 3. The summed E-state index contributed by atoms with van der Waals surface area (Å²) in [6.07, 6.45) is 0. The van der Waals surface area contributed by atoms with Crippen molar-refractivity contribution < 1.29 is 9.59 Å². The van der Waals surface area contributed by atoms with Crippen LogP contribution in [0, 0.1) is 6.92 Å². The molecule has 1 aliphatic rings. The van der Waals surface area contributed by atoms with Crippen LogP contribution >= 0.6 is 11.3 Å². The SMILES string of the molecule is CCn1c(C(=O)c2c(C)n(CCN3CCNC3=O)c3ccccc23)cc2ccsc21. The minimum atomic E-state index is -0.0127. The van der Waals surface area contributed by atoms with Crippen LogP contribution < -0.4 is 5.32 Å². The molecule has 0 spiro atoms. The van der Waals surface area contributed by atoms with Crippen LogP contribution in [0.5, 0.6) is 0 Å². The van der Waals surface area contributed by atoms with Gasteiger partial charge in [0.05, 0.1) is 11.3 Å². The summed E-state index contributed by atoms with van der Waals surface area (Å²) in [7, 11) is 0. The topological polar surface area (TPSA) is 59.3 Å². The van der Waals surface area contributed by atoms with Crippen LogP contribution in [0.25, 0.3) is 21.1 Å². The first-order valence-electron chi connectivity index (χ1n) is 10.3. The van der Waals surface area contributed by atoms with Gasteiger partial charge in [-0.05, 0) is 37.4 Å². The molecule has 0 aliphatic carbocycles. The standard InChI is InChI=1S/C23H24N4O2S/c1-3-26-19(14-16-8-13-30-22(16)26)21(28)20-15(2)27(18-7-5-4-6-17(18)20)12-11-25-10-9-24-23(25)29/h4-8,13-14H,3,9-12H2,1-2H3,(H,24,29). The number of carbonyl (C=O) groups excluding carboxylic acids is 2. The third-order valence-corrected chi connectivity index (χ3v) is 7.00. The Morgan fingerprint density at radius 2 is 2.00 bits per heavy atom. The van der Waals surface area contributed by atoms with E-state index in [0.717, 1.165) is 51.2 Å². The molecule has 0 radical (unpaired) electrons. The Morgan fingerprint density at radius 1 is 1.17 bits per heavy atom. The Bertz CT molecular complexity index is 1280. The number of aromatic nitrogens is 2. The summed E-state index contributed by atoms with van der Waals surface area (Å²) in [4.78, 5) is 28.6. The van der Waals surface area contributed by atoms with E-state index < -0.39 is 0 Å². The highest BCUT2D eigenvalue weighted by molar-refractivity contribution is 7.16. The third kappa shape index (κ3) is 2.84. The van der Waals surface area contributed by atoms with Crippen LogP contribution in [0.15, 0.2) is 41.8 Å². The van der Waals surface area contributed by atoms with Crippen LogP contribution in [-0.2, 0) is 13.1 Å². The zero-order valence-electron chi connectivity index (χ0n) is 17.1. The number of benzene rings is 1. The molecule has 1 fully saturated rings. The molecule has 3 aromatic heterocycles. The smallest absolute Gasteiger partial charge is 0.317 e. The minimum Gasteiger partial charge on any atom is -0.342 e. The molecule has 1 saturated heterocycles. The summed E-state index contributed by atoms with van der Waals surface area (Å²) in [5.41, 5.74) is 3.49. The number of urea groups is 1. The molecule has 1 aliphatic heterocycles. The third-order valence-electron chi connectivity index (χ3n) is 6.05. The predicted molar refractivity (Wildman–Crippen MR) is 121 cm³/mol. The van der Waals surface area contributed by atoms with E-state index in [1.807, 2.05) is 36.1 Å². The first-order valence-corrected chi connectivity index (χ1v) is 11.2. The van der Waals surface area contributed by atoms with E-state index >= 15 is 0 Å². The van der Waals surface area contributed by atoms with E-state index in [4.69, 9.17) is 0 Å². The number of rotatable bonds is 6. The van der Waals surface area contributed by atoms with Gasteiger partial charge < -0.3 is 19.4 Å². The number of hydrogen-bond acceptors (Lipinski definition) is 3. The van der Waals surface area contributed by atoms with Gasteiger partial charge in [-0.25, -0.2) is 4.79 Å². The fourth-order valence-corrected chi connectivity index (χ4v) is 5.52. The van der Waals surface area contributed by atoms with Crippen LogP contribution in [0.1, 0.15) is 28.7 Å². The molecule has 30 heavy (non-hydrogen) atoms. The van der Waals surface area contributed by atoms with Crippen molar-refractivity contribution in [3.63, 3.8) is 0 Å². The van der Waals surface area contributed by atoms with Crippen LogP contribution in [0.4, 0.5) is 4.79 Å². The number of carbonyl (C=O) groups is 2. The molecular weight excluding hydrogens is 396 g/mol. The Balaban J connectivity index is 1.58. The molecule has 4 heterocycles. The van der Waals surface area contributed by atoms with Gasteiger partial charge >= 0.3 is 6.03 Å². The molecule has 5 rings (SSSR count). The Morgan fingerprint density at radius 3 is 2.77 bits per heavy atom. The van der Waals surface area contributed by atoms with Crippen molar-refractivity contribution >= 4 is 44.3 Å². The molecule has 1 aromatic carbocycles. The lowest BCUT2D eigenvalue weighted by Gasteiger charge is -2.16. The maximum atomic E-state index is 13.8. The van der Waals surface area contributed by atoms with Gasteiger partial charge in [0.2, 0.25) is 5.78 Å². The van der Waals surface area contributed by atoms with E-state index in [9.17, 15) is 9.59 Å². The highest BCUT2D eigenvalue weighted by atomic mass is 32.1. The normalized spacial score (nSPS) is 14.2. The number of para-hydroxylation sites is 1. The van der Waals surface area contributed by atoms with E-state index in [2.05, 4.69) is 38.9 Å². The van der Waals surface area contributed by atoms with Crippen LogP contribution in [-0.4, -0.2) is 45.5 Å². The first-order chi connectivity index (χ1) is 14.6. The van der Waals surface area contributed by atoms with Crippen molar-refractivity contribution in [1.82, 2.24) is 19.4 Å². The maximum absolute atomic E-state index is 13.8. The Hall–Kier alpha value is -3.06. The molecule has 1 N–H and O–H groups in total. The highest BCUT2D eigenvalue weighted by Gasteiger charge is 2.25. The fraction of sp³-hybridized carbons (Fsp3) is 0.304. The van der Waals surface area contributed by atoms with E-state index in [1.54, 1.807) is 11.3 Å². The van der Waals surface area contributed by atoms with Crippen molar-refractivity contribution in [2.75, 3.05) is 19.6 Å². The van der Waals surface area contributed by atoms with Crippen molar-refractivity contribution in [3.05, 3.63) is 58.7 Å². The van der Waals surface area contributed by atoms with Gasteiger partial charge in [-0.2, -0.15) is 0 Å². The summed E-state index contributed by atoms with van der Waals surface area (Å²) in [5.74, 6) is 0.0617. The zero-order valence-corrected chi connectivity index (χ0v) is 18.0. The summed E-state index contributed by atoms with van der Waals surface area (Å²) in [5, 5.41) is 7.00. The largest absolute Gasteiger partial charge is 0.342 e. The number of ketones is 1. The monoisotopic (exact) mass is 420 g/mol. The van der Waals surface area contributed by atoms with E-state index in [0.29, 0.717) is 19.6 Å². The zero-order chi connectivity index (χ0) is 20.8. The number of amides is 2. The van der Waals surface area contributed by atoms with Gasteiger partial charge in [0.25, 0.3) is 0 Å². The van der Waals surface area contributed by atoms with Gasteiger partial charge in [0, 0.05) is 54.7 Å². The number of aryl methyl sites for hydroxylation is 1. The molecule has 7 heteroatoms. The number of thiophene rings is 1. The van der Waals surface area contributed by atoms with Gasteiger partial charge in [-0.3, -0.25) is 4.79 Å². The molecule has 0 saturated carbocycles. The van der Waals surface area contributed by atoms with Crippen molar-refractivity contribution in [2.24, 2.45) is 0 Å². The molecule has 0 atom stereocenters. The molecule has 154 valence electrons. The number of hydrogen-bond donors (Lipinski definition) is 1. The second-order valence-corrected chi connectivity index (χ2v) is 8.53. The molecule has 0 bridgehead atoms. The summed E-state index contributed by atoms with van der Waals surface area (Å²) < 4.78 is 4.29. The van der Waals surface area contributed by atoms with Crippen LogP contribution in [0.2, 0.25) is 0 Å². The first kappa shape index (κ1) is 18.9. The lowest BCUT2D eigenvalue weighted by atomic mass is 10.0. The van der Waals surface area contributed by atoms with Crippen molar-refractivity contribution in [3.8, 4) is 0 Å². The number of fused-ring (bicyclic) bond motifs is 2. The highest BCUT2D eigenvalue weighted by Crippen LogP contribution is 2.31. The summed E-state index contributed by atoms with van der Waals surface area (Å²) >= 11 is 1.67. The Kier molecular flexibility index (Phi) is 4.62. The molecule has 4 aromatic rings. The fourth-order valence-electron chi connectivity index (χ4n) is 4.56. The van der Waals surface area contributed by atoms with Crippen molar-refractivity contribution in [1.29, 1.82) is 0 Å². The molecule has 0 unspecified atom stereocenters. The lowest BCUT2D eigenvalue weighted by molar-refractivity contribution is 0.103. The number of nitrogens with one attached hydrogen (secondary N) is 1. The predicted octanol–water partition coefficient (Wildman–Crippen LogP) is 4.24. The quantitative estimate of drug-likeness (QED) is 0.474. The Labute approximate surface area is 178 Å². The van der Waals surface area contributed by atoms with Gasteiger partial charge in [0.15, 0.2) is 0 Å². The van der Waals surface area contributed by atoms with E-state index in [-0.39, 0.29) is 11.8 Å². The second kappa shape index (κ2) is 7.32. The van der Waals surface area contributed by atoms with Gasteiger partial charge in [-0.1, -0.05) is 18.2 Å². The van der Waals surface area contributed by atoms with Crippen molar-refractivity contribution in [2.45, 2.75) is 26.9 Å². The van der Waals surface area contributed by atoms with Crippen LogP contribution in [0.3, 0.4) is 0 Å². The van der Waals surface area contributed by atoms with E-state index in [1.165, 1.54) is 0 Å². The lowest BCUT2D eigenvalue weighted by Crippen LogP contribution is -2.31. The van der Waals surface area contributed by atoms with Gasteiger partial charge in [0.1, 0.15) is 4.83 Å². The molecule has 2 amide bonds.